The number of rotatable bonds is 35. The van der Waals surface area contributed by atoms with Crippen molar-refractivity contribution in [3.8, 4) is 0 Å². The number of carbonyl (C=O) groups excluding carboxylic acids is 2. The minimum atomic E-state index is -0.935. The Morgan fingerprint density at radius 1 is 0.571 bits per heavy atom. The monoisotopic (exact) mass is 686 g/mol. The lowest BCUT2D eigenvalue weighted by Crippen LogP contribution is -2.49. The lowest BCUT2D eigenvalue weighted by molar-refractivity contribution is -0.123. The molecule has 2 N–H and O–H groups in total. The fourth-order valence-corrected chi connectivity index (χ4v) is 6.89. The van der Waals surface area contributed by atoms with Crippen LogP contribution in [0.2, 0.25) is 0 Å². The molecule has 0 aliphatic carbocycles. The molecule has 0 aromatic heterocycles. The van der Waals surface area contributed by atoms with E-state index >= 15 is 0 Å². The lowest BCUT2D eigenvalue weighted by atomic mass is 9.97. The van der Waals surface area contributed by atoms with Crippen LogP contribution in [0.5, 0.6) is 0 Å². The second-order valence-electron chi connectivity index (χ2n) is 14.8. The van der Waals surface area contributed by atoms with Gasteiger partial charge in [0.2, 0.25) is 5.91 Å². The number of aliphatic hydroxyl groups is 1. The normalized spacial score (nSPS) is 13.2. The smallest absolute Gasteiger partial charge is 0.338 e. The molecular weight excluding hydrogens is 606 g/mol. The summed E-state index contributed by atoms with van der Waals surface area (Å²) in [5, 5.41) is 14.5. The van der Waals surface area contributed by atoms with Crippen LogP contribution in [-0.4, -0.2) is 35.2 Å². The van der Waals surface area contributed by atoms with Gasteiger partial charge >= 0.3 is 5.97 Å². The van der Waals surface area contributed by atoms with Gasteiger partial charge in [0, 0.05) is 6.42 Å². The highest BCUT2D eigenvalue weighted by molar-refractivity contribution is 5.89. The Balaban J connectivity index is 2.34. The molecule has 3 atom stereocenters. The molecule has 49 heavy (non-hydrogen) atoms. The highest BCUT2D eigenvalue weighted by atomic mass is 16.6. The third-order valence-corrected chi connectivity index (χ3v) is 10.2. The van der Waals surface area contributed by atoms with Gasteiger partial charge in [-0.3, -0.25) is 4.79 Å². The molecule has 1 aromatic rings. The fourth-order valence-electron chi connectivity index (χ4n) is 6.89. The summed E-state index contributed by atoms with van der Waals surface area (Å²) >= 11 is 0. The number of amides is 1. The fraction of sp³-hybridized carbons (Fsp3) is 0.818. The average Bonchev–Trinajstić information content (AvgIpc) is 3.12. The zero-order valence-electron chi connectivity index (χ0n) is 32.5. The van der Waals surface area contributed by atoms with E-state index in [1.54, 1.807) is 12.1 Å². The van der Waals surface area contributed by atoms with Crippen molar-refractivity contribution >= 4 is 11.9 Å². The zero-order valence-corrected chi connectivity index (χ0v) is 32.5. The van der Waals surface area contributed by atoms with Gasteiger partial charge in [-0.15, -0.1) is 0 Å². The maximum Gasteiger partial charge on any atom is 0.338 e. The summed E-state index contributed by atoms with van der Waals surface area (Å²) in [7, 11) is 0. The number of aliphatic hydroxyl groups excluding tert-OH is 1. The first-order chi connectivity index (χ1) is 24.0. The number of esters is 1. The number of benzene rings is 1. The van der Waals surface area contributed by atoms with Crippen molar-refractivity contribution in [3.05, 3.63) is 35.9 Å². The number of nitrogens with one attached hydrogen (secondary N) is 1. The van der Waals surface area contributed by atoms with Crippen LogP contribution in [0.1, 0.15) is 224 Å². The van der Waals surface area contributed by atoms with Gasteiger partial charge in [0.25, 0.3) is 0 Å². The summed E-state index contributed by atoms with van der Waals surface area (Å²) in [5.74, 6) is -0.429. The Kier molecular flexibility index (Phi) is 30.7. The highest BCUT2D eigenvalue weighted by Gasteiger charge is 2.31. The van der Waals surface area contributed by atoms with Crippen LogP contribution in [0.4, 0.5) is 0 Å². The molecule has 0 unspecified atom stereocenters. The van der Waals surface area contributed by atoms with E-state index in [0.29, 0.717) is 24.8 Å². The van der Waals surface area contributed by atoms with Crippen molar-refractivity contribution in [2.24, 2.45) is 0 Å². The minimum Gasteiger partial charge on any atom is -0.456 e. The number of unbranched alkanes of at least 4 members (excludes halogenated alkanes) is 25. The number of hydrogen-bond acceptors (Lipinski definition) is 4. The first-order valence-corrected chi connectivity index (χ1v) is 21.3. The second-order valence-corrected chi connectivity index (χ2v) is 14.8. The van der Waals surface area contributed by atoms with Gasteiger partial charge in [-0.1, -0.05) is 199 Å². The standard InChI is InChI=1S/C44H79NO4/c1-4-7-9-11-13-15-17-19-20-21-23-25-27-29-34-38-42(46)45-40(6-3)43(47)41(49-44(48)39-35-31-30-32-36-39)37-33-28-26-24-22-18-16-14-12-10-8-5-2/h30-32,35-36,40-41,43,47H,4-29,33-34,37-38H2,1-3H3,(H,45,46)/t40-,41+,43-/m0/s1. The van der Waals surface area contributed by atoms with Gasteiger partial charge in [0.1, 0.15) is 12.2 Å². The molecule has 0 fully saturated rings. The van der Waals surface area contributed by atoms with Crippen molar-refractivity contribution in [2.75, 3.05) is 0 Å². The molecule has 0 saturated carbocycles. The van der Waals surface area contributed by atoms with Crippen LogP contribution in [0.3, 0.4) is 0 Å². The van der Waals surface area contributed by atoms with Crippen molar-refractivity contribution in [3.63, 3.8) is 0 Å². The molecular formula is C44H79NO4. The quantitative estimate of drug-likeness (QED) is 0.0551. The molecule has 1 amide bonds. The molecule has 5 heteroatoms. The Labute approximate surface area is 303 Å². The SMILES string of the molecule is CCCCCCCCCCCCCCCCCC(=O)N[C@@H](CC)[C@H](O)[C@@H](CCCCCCCCCCCCCC)OC(=O)c1ccccc1. The topological polar surface area (TPSA) is 75.6 Å². The molecule has 0 radical (unpaired) electrons. The van der Waals surface area contributed by atoms with Gasteiger partial charge < -0.3 is 15.2 Å². The third kappa shape index (κ3) is 25.7. The molecule has 284 valence electrons. The maximum absolute atomic E-state index is 13.0. The zero-order chi connectivity index (χ0) is 35.6. The van der Waals surface area contributed by atoms with Gasteiger partial charge in [0.15, 0.2) is 0 Å². The predicted octanol–water partition coefficient (Wildman–Crippen LogP) is 12.8. The summed E-state index contributed by atoms with van der Waals surface area (Å²) in [6.45, 7) is 6.51. The van der Waals surface area contributed by atoms with Crippen LogP contribution in [0, 0.1) is 0 Å². The van der Waals surface area contributed by atoms with Crippen LogP contribution in [0.25, 0.3) is 0 Å². The van der Waals surface area contributed by atoms with Crippen molar-refractivity contribution < 1.29 is 19.4 Å². The Morgan fingerprint density at radius 2 is 0.959 bits per heavy atom. The molecule has 1 aromatic carbocycles. The van der Waals surface area contributed by atoms with Crippen molar-refractivity contribution in [2.45, 2.75) is 232 Å². The Morgan fingerprint density at radius 3 is 1.37 bits per heavy atom. The molecule has 5 nitrogen and oxygen atoms in total. The van der Waals surface area contributed by atoms with Crippen molar-refractivity contribution in [1.82, 2.24) is 5.32 Å². The van der Waals surface area contributed by atoms with Crippen molar-refractivity contribution in [1.29, 1.82) is 0 Å². The summed E-state index contributed by atoms with van der Waals surface area (Å²) in [5.41, 5.74) is 0.486. The van der Waals surface area contributed by atoms with E-state index in [1.165, 1.54) is 148 Å². The van der Waals surface area contributed by atoms with Crippen LogP contribution >= 0.6 is 0 Å². The van der Waals surface area contributed by atoms with E-state index in [9.17, 15) is 14.7 Å². The molecule has 1 rings (SSSR count). The van der Waals surface area contributed by atoms with Gasteiger partial charge in [0.05, 0.1) is 11.6 Å². The van der Waals surface area contributed by atoms with Crippen LogP contribution < -0.4 is 5.32 Å². The molecule has 0 heterocycles. The van der Waals surface area contributed by atoms with Gasteiger partial charge in [-0.25, -0.2) is 4.79 Å². The average molecular weight is 686 g/mol. The summed E-state index contributed by atoms with van der Waals surface area (Å²) < 4.78 is 5.91. The van der Waals surface area contributed by atoms with E-state index in [0.717, 1.165) is 25.7 Å². The summed E-state index contributed by atoms with van der Waals surface area (Å²) in [6, 6.07) is 8.56. The summed E-state index contributed by atoms with van der Waals surface area (Å²) in [6.07, 6.45) is 34.7. The highest BCUT2D eigenvalue weighted by Crippen LogP contribution is 2.20. The Hall–Kier alpha value is -1.88. The van der Waals surface area contributed by atoms with E-state index in [-0.39, 0.29) is 5.91 Å². The minimum absolute atomic E-state index is 0.0147. The number of hydrogen-bond donors (Lipinski definition) is 2. The Bertz CT molecular complexity index is 875. The van der Waals surface area contributed by atoms with Crippen LogP contribution in [-0.2, 0) is 9.53 Å². The number of ether oxygens (including phenoxy) is 1. The first kappa shape index (κ1) is 45.1. The van der Waals surface area contributed by atoms with Gasteiger partial charge in [-0.2, -0.15) is 0 Å². The predicted molar refractivity (Wildman–Crippen MR) is 209 cm³/mol. The maximum atomic E-state index is 13.0. The lowest BCUT2D eigenvalue weighted by Gasteiger charge is -2.30. The van der Waals surface area contributed by atoms with E-state index < -0.39 is 24.2 Å². The van der Waals surface area contributed by atoms with E-state index in [2.05, 4.69) is 19.2 Å². The molecule has 0 spiro atoms. The summed E-state index contributed by atoms with van der Waals surface area (Å²) in [4.78, 5) is 25.8. The molecule has 0 bridgehead atoms. The molecule has 0 aliphatic rings. The third-order valence-electron chi connectivity index (χ3n) is 10.2. The van der Waals surface area contributed by atoms with E-state index in [4.69, 9.17) is 4.74 Å². The molecule has 0 saturated heterocycles. The largest absolute Gasteiger partial charge is 0.456 e. The van der Waals surface area contributed by atoms with Gasteiger partial charge in [-0.05, 0) is 37.8 Å². The second kappa shape index (κ2) is 33.3. The molecule has 0 aliphatic heterocycles. The first-order valence-electron chi connectivity index (χ1n) is 21.3. The van der Waals surface area contributed by atoms with Crippen LogP contribution in [0.15, 0.2) is 30.3 Å². The number of carbonyl (C=O) groups is 2. The van der Waals surface area contributed by atoms with E-state index in [1.807, 2.05) is 25.1 Å².